The number of para-hydroxylation sites is 1. The minimum absolute atomic E-state index is 0.0326. The molecule has 0 atom stereocenters. The number of rotatable bonds is 5. The van der Waals surface area contributed by atoms with E-state index in [4.69, 9.17) is 9.47 Å². The first-order valence-corrected chi connectivity index (χ1v) is 7.04. The lowest BCUT2D eigenvalue weighted by molar-refractivity contribution is -0.142. The number of aliphatic carboxylic acids is 1. The first kappa shape index (κ1) is 18.7. The molecule has 0 aliphatic rings. The number of amides is 1. The molecule has 0 saturated carbocycles. The zero-order valence-corrected chi connectivity index (χ0v) is 13.9. The van der Waals surface area contributed by atoms with E-state index in [9.17, 15) is 19.1 Å². The summed E-state index contributed by atoms with van der Waals surface area (Å²) in [6.45, 7) is 6.92. The van der Waals surface area contributed by atoms with Gasteiger partial charge in [0.15, 0.2) is 0 Å². The van der Waals surface area contributed by atoms with Crippen LogP contribution in [0.15, 0.2) is 18.2 Å². The second-order valence-electron chi connectivity index (χ2n) is 6.49. The fourth-order valence-electron chi connectivity index (χ4n) is 1.88. The molecule has 0 heterocycles. The van der Waals surface area contributed by atoms with Gasteiger partial charge in [-0.25, -0.2) is 9.18 Å². The maximum absolute atomic E-state index is 12.6. The van der Waals surface area contributed by atoms with Gasteiger partial charge in [0, 0.05) is 0 Å². The van der Waals surface area contributed by atoms with E-state index in [1.807, 2.05) is 0 Å². The molecule has 6 nitrogen and oxygen atoms in total. The first-order chi connectivity index (χ1) is 10.5. The van der Waals surface area contributed by atoms with Crippen LogP contribution in [0.25, 0.3) is 0 Å². The van der Waals surface area contributed by atoms with Gasteiger partial charge in [0.1, 0.15) is 11.4 Å². The Hall–Kier alpha value is -2.31. The Balaban J connectivity index is 3.30. The van der Waals surface area contributed by atoms with Crippen LogP contribution in [-0.2, 0) is 14.9 Å². The highest BCUT2D eigenvalue weighted by atomic mass is 19.1. The van der Waals surface area contributed by atoms with E-state index < -0.39 is 29.9 Å². The van der Waals surface area contributed by atoms with Crippen LogP contribution in [0.4, 0.5) is 14.9 Å². The summed E-state index contributed by atoms with van der Waals surface area (Å²) in [5.41, 5.74) is -1.70. The number of alkyl halides is 1. The van der Waals surface area contributed by atoms with Gasteiger partial charge >= 0.3 is 12.1 Å². The van der Waals surface area contributed by atoms with Crippen molar-refractivity contribution in [3.8, 4) is 5.75 Å². The second kappa shape index (κ2) is 6.85. The number of halogens is 1. The Morgan fingerprint density at radius 2 is 1.83 bits per heavy atom. The Morgan fingerprint density at radius 3 is 2.30 bits per heavy atom. The minimum atomic E-state index is -1.32. The van der Waals surface area contributed by atoms with Crippen molar-refractivity contribution in [2.45, 2.75) is 45.6 Å². The van der Waals surface area contributed by atoms with Crippen LogP contribution in [0, 0.1) is 0 Å². The summed E-state index contributed by atoms with van der Waals surface area (Å²) in [5.74, 6) is -1.06. The van der Waals surface area contributed by atoms with Crippen molar-refractivity contribution in [1.82, 2.24) is 0 Å². The third-order valence-electron chi connectivity index (χ3n) is 3.07. The summed E-state index contributed by atoms with van der Waals surface area (Å²) in [6.07, 6.45) is -0.783. The number of hydrogen-bond donors (Lipinski definition) is 2. The molecule has 0 radical (unpaired) electrons. The molecule has 0 bridgehead atoms. The van der Waals surface area contributed by atoms with Crippen LogP contribution in [0.5, 0.6) is 5.75 Å². The number of hydrogen-bond acceptors (Lipinski definition) is 4. The van der Waals surface area contributed by atoms with E-state index in [1.165, 1.54) is 32.0 Å². The number of ether oxygens (including phenoxy) is 2. The zero-order chi connectivity index (χ0) is 17.8. The minimum Gasteiger partial charge on any atom is -0.481 e. The van der Waals surface area contributed by atoms with Gasteiger partial charge in [-0.2, -0.15) is 0 Å². The molecule has 0 spiro atoms. The summed E-state index contributed by atoms with van der Waals surface area (Å²) in [4.78, 5) is 23.5. The van der Waals surface area contributed by atoms with E-state index in [2.05, 4.69) is 5.32 Å². The molecule has 128 valence electrons. The molecule has 1 rings (SSSR count). The summed E-state index contributed by atoms with van der Waals surface area (Å²) in [6, 6.07) is 4.50. The van der Waals surface area contributed by atoms with Gasteiger partial charge in [-0.05, 0) is 46.2 Å². The van der Waals surface area contributed by atoms with Gasteiger partial charge in [-0.15, -0.1) is 0 Å². The summed E-state index contributed by atoms with van der Waals surface area (Å²) in [7, 11) is 0. The summed E-state index contributed by atoms with van der Waals surface area (Å²) < 4.78 is 22.6. The molecule has 1 aromatic rings. The van der Waals surface area contributed by atoms with Gasteiger partial charge in [-0.1, -0.05) is 12.1 Å². The van der Waals surface area contributed by atoms with Gasteiger partial charge in [-0.3, -0.25) is 10.1 Å². The number of benzene rings is 1. The Labute approximate surface area is 134 Å². The van der Waals surface area contributed by atoms with E-state index in [-0.39, 0.29) is 17.0 Å². The third kappa shape index (κ3) is 4.84. The molecule has 0 aliphatic heterocycles. The molecular weight excluding hydrogens is 305 g/mol. The standard InChI is InChI=1S/C16H22FNO5/c1-15(2,3)23-14(21)18-12-10(16(4,5)13(19)20)7-6-8-11(12)22-9-17/h6-8H,9H2,1-5H3,(H,18,21)(H,19,20). The van der Waals surface area contributed by atoms with Crippen molar-refractivity contribution in [3.05, 3.63) is 23.8 Å². The van der Waals surface area contributed by atoms with Gasteiger partial charge in [0.25, 0.3) is 0 Å². The van der Waals surface area contributed by atoms with Crippen LogP contribution < -0.4 is 10.1 Å². The van der Waals surface area contributed by atoms with E-state index in [0.29, 0.717) is 0 Å². The SMILES string of the molecule is CC(C)(C)OC(=O)Nc1c(OCF)cccc1C(C)(C)C(=O)O. The Kier molecular flexibility index (Phi) is 5.58. The molecule has 0 saturated heterocycles. The molecule has 0 fully saturated rings. The predicted octanol–water partition coefficient (Wildman–Crippen LogP) is 3.70. The monoisotopic (exact) mass is 327 g/mol. The van der Waals surface area contributed by atoms with Gasteiger partial charge < -0.3 is 14.6 Å². The Bertz CT molecular complexity index is 593. The molecule has 0 unspecified atom stereocenters. The predicted molar refractivity (Wildman–Crippen MR) is 83.6 cm³/mol. The molecule has 23 heavy (non-hydrogen) atoms. The molecule has 7 heteroatoms. The number of carboxylic acids is 1. The maximum atomic E-state index is 12.6. The lowest BCUT2D eigenvalue weighted by Crippen LogP contribution is -2.32. The number of anilines is 1. The number of carbonyl (C=O) groups excluding carboxylic acids is 1. The lowest BCUT2D eigenvalue weighted by atomic mass is 9.83. The molecule has 2 N–H and O–H groups in total. The molecule has 0 aliphatic carbocycles. The number of nitrogens with one attached hydrogen (secondary N) is 1. The van der Waals surface area contributed by atoms with Gasteiger partial charge in [0.2, 0.25) is 6.86 Å². The highest BCUT2D eigenvalue weighted by Crippen LogP contribution is 2.37. The average Bonchev–Trinajstić information content (AvgIpc) is 2.38. The highest BCUT2D eigenvalue weighted by molar-refractivity contribution is 5.92. The molecule has 1 aromatic carbocycles. The Morgan fingerprint density at radius 1 is 1.22 bits per heavy atom. The van der Waals surface area contributed by atoms with E-state index >= 15 is 0 Å². The number of carboxylic acid groups (broad SMARTS) is 1. The summed E-state index contributed by atoms with van der Waals surface area (Å²) >= 11 is 0. The molecule has 1 amide bonds. The largest absolute Gasteiger partial charge is 0.481 e. The fourth-order valence-corrected chi connectivity index (χ4v) is 1.88. The van der Waals surface area contributed by atoms with Crippen molar-refractivity contribution in [3.63, 3.8) is 0 Å². The van der Waals surface area contributed by atoms with Crippen LogP contribution >= 0.6 is 0 Å². The van der Waals surface area contributed by atoms with Crippen LogP contribution in [0.3, 0.4) is 0 Å². The maximum Gasteiger partial charge on any atom is 0.412 e. The van der Waals surface area contributed by atoms with Crippen LogP contribution in [0.2, 0.25) is 0 Å². The van der Waals surface area contributed by atoms with E-state index in [1.54, 1.807) is 20.8 Å². The van der Waals surface area contributed by atoms with Crippen molar-refractivity contribution < 1.29 is 28.6 Å². The zero-order valence-electron chi connectivity index (χ0n) is 13.9. The quantitative estimate of drug-likeness (QED) is 0.861. The first-order valence-electron chi connectivity index (χ1n) is 7.04. The summed E-state index contributed by atoms with van der Waals surface area (Å²) in [5, 5.41) is 11.9. The highest BCUT2D eigenvalue weighted by Gasteiger charge is 2.34. The van der Waals surface area contributed by atoms with Crippen molar-refractivity contribution in [2.24, 2.45) is 0 Å². The van der Waals surface area contributed by atoms with Crippen molar-refractivity contribution >= 4 is 17.7 Å². The normalized spacial score (nSPS) is 11.7. The topological polar surface area (TPSA) is 84.9 Å². The molecule has 0 aromatic heterocycles. The fraction of sp³-hybridized carbons (Fsp3) is 0.500. The van der Waals surface area contributed by atoms with Crippen molar-refractivity contribution in [2.75, 3.05) is 12.2 Å². The van der Waals surface area contributed by atoms with E-state index in [0.717, 1.165) is 0 Å². The smallest absolute Gasteiger partial charge is 0.412 e. The third-order valence-corrected chi connectivity index (χ3v) is 3.07. The number of carbonyl (C=O) groups is 2. The van der Waals surface area contributed by atoms with Crippen LogP contribution in [-0.4, -0.2) is 29.6 Å². The average molecular weight is 327 g/mol. The van der Waals surface area contributed by atoms with Gasteiger partial charge in [0.05, 0.1) is 11.1 Å². The van der Waals surface area contributed by atoms with Crippen molar-refractivity contribution in [1.29, 1.82) is 0 Å². The molecular formula is C16H22FNO5. The van der Waals surface area contributed by atoms with Crippen LogP contribution in [0.1, 0.15) is 40.2 Å². The second-order valence-corrected chi connectivity index (χ2v) is 6.49. The lowest BCUT2D eigenvalue weighted by Gasteiger charge is -2.26.